The average molecular weight is 198 g/mol. The van der Waals surface area contributed by atoms with Crippen LogP contribution in [0.2, 0.25) is 0 Å². The Bertz CT molecular complexity index is 304. The van der Waals surface area contributed by atoms with Gasteiger partial charge in [-0.1, -0.05) is 0 Å². The number of rotatable bonds is 4. The number of methoxy groups -OCH3 is 1. The maximum absolute atomic E-state index is 13.0. The molecule has 1 aromatic carbocycles. The van der Waals surface area contributed by atoms with Gasteiger partial charge in [0.1, 0.15) is 11.6 Å². The zero-order valence-electron chi connectivity index (χ0n) is 8.46. The Labute approximate surface area is 83.3 Å². The van der Waals surface area contributed by atoms with Gasteiger partial charge in [0, 0.05) is 26.2 Å². The van der Waals surface area contributed by atoms with Gasteiger partial charge in [-0.25, -0.2) is 4.39 Å². The summed E-state index contributed by atoms with van der Waals surface area (Å²) in [6, 6.07) is 4.42. The standard InChI is InChI=1S/C10H15FN2O/c1-13(6-5-12)9-7-8(11)3-4-10(9)14-2/h3-4,7H,5-6,12H2,1-2H3. The number of ether oxygens (including phenoxy) is 1. The Hall–Kier alpha value is -1.29. The lowest BCUT2D eigenvalue weighted by molar-refractivity contribution is 0.414. The minimum atomic E-state index is -0.273. The number of anilines is 1. The van der Waals surface area contributed by atoms with Crippen molar-refractivity contribution in [2.24, 2.45) is 5.73 Å². The van der Waals surface area contributed by atoms with Crippen LogP contribution in [-0.4, -0.2) is 27.2 Å². The van der Waals surface area contributed by atoms with Crippen LogP contribution < -0.4 is 15.4 Å². The first kappa shape index (κ1) is 10.8. The summed E-state index contributed by atoms with van der Waals surface area (Å²) in [5.74, 6) is 0.382. The summed E-state index contributed by atoms with van der Waals surface area (Å²) >= 11 is 0. The molecule has 1 rings (SSSR count). The van der Waals surface area contributed by atoms with E-state index in [1.165, 1.54) is 12.1 Å². The van der Waals surface area contributed by atoms with Crippen LogP contribution in [0.4, 0.5) is 10.1 Å². The van der Waals surface area contributed by atoms with E-state index >= 15 is 0 Å². The number of nitrogens with zero attached hydrogens (tertiary/aromatic N) is 1. The highest BCUT2D eigenvalue weighted by molar-refractivity contribution is 5.58. The first-order valence-electron chi connectivity index (χ1n) is 4.43. The van der Waals surface area contributed by atoms with Crippen molar-refractivity contribution < 1.29 is 9.13 Å². The van der Waals surface area contributed by atoms with Gasteiger partial charge >= 0.3 is 0 Å². The summed E-state index contributed by atoms with van der Waals surface area (Å²) in [4.78, 5) is 1.86. The van der Waals surface area contributed by atoms with Crippen LogP contribution in [0, 0.1) is 5.82 Å². The predicted molar refractivity (Wildman–Crippen MR) is 55.3 cm³/mol. The van der Waals surface area contributed by atoms with E-state index in [4.69, 9.17) is 10.5 Å². The van der Waals surface area contributed by atoms with E-state index in [0.29, 0.717) is 18.8 Å². The third-order valence-corrected chi connectivity index (χ3v) is 2.02. The number of hydrogen-bond donors (Lipinski definition) is 1. The fourth-order valence-corrected chi connectivity index (χ4v) is 1.28. The molecule has 0 heterocycles. The second-order valence-electron chi connectivity index (χ2n) is 3.03. The summed E-state index contributed by atoms with van der Waals surface area (Å²) in [6.07, 6.45) is 0. The molecule has 2 N–H and O–H groups in total. The Morgan fingerprint density at radius 1 is 1.50 bits per heavy atom. The van der Waals surface area contributed by atoms with E-state index in [1.54, 1.807) is 13.2 Å². The highest BCUT2D eigenvalue weighted by Crippen LogP contribution is 2.27. The molecule has 0 spiro atoms. The molecule has 14 heavy (non-hydrogen) atoms. The quantitative estimate of drug-likeness (QED) is 0.790. The highest BCUT2D eigenvalue weighted by Gasteiger charge is 2.08. The molecule has 0 bridgehead atoms. The molecule has 0 aliphatic carbocycles. The number of hydrogen-bond acceptors (Lipinski definition) is 3. The van der Waals surface area contributed by atoms with Gasteiger partial charge < -0.3 is 15.4 Å². The molecule has 0 saturated heterocycles. The lowest BCUT2D eigenvalue weighted by Crippen LogP contribution is -2.25. The molecule has 0 fully saturated rings. The molecular formula is C10H15FN2O. The molecule has 0 aliphatic heterocycles. The first-order valence-corrected chi connectivity index (χ1v) is 4.43. The lowest BCUT2D eigenvalue weighted by atomic mass is 10.2. The minimum absolute atomic E-state index is 0.273. The topological polar surface area (TPSA) is 38.5 Å². The van der Waals surface area contributed by atoms with Crippen molar-refractivity contribution in [3.05, 3.63) is 24.0 Å². The van der Waals surface area contributed by atoms with E-state index in [-0.39, 0.29) is 5.82 Å². The van der Waals surface area contributed by atoms with Crippen LogP contribution in [0.5, 0.6) is 5.75 Å². The van der Waals surface area contributed by atoms with E-state index in [0.717, 1.165) is 5.69 Å². The van der Waals surface area contributed by atoms with Crippen molar-refractivity contribution in [3.8, 4) is 5.75 Å². The number of likely N-dealkylation sites (N-methyl/N-ethyl adjacent to an activating group) is 1. The normalized spacial score (nSPS) is 10.0. The van der Waals surface area contributed by atoms with Crippen molar-refractivity contribution in [2.45, 2.75) is 0 Å². The Kier molecular flexibility index (Phi) is 3.71. The van der Waals surface area contributed by atoms with Crippen molar-refractivity contribution in [1.29, 1.82) is 0 Å². The molecule has 0 aromatic heterocycles. The summed E-state index contributed by atoms with van der Waals surface area (Å²) in [5, 5.41) is 0. The molecule has 3 nitrogen and oxygen atoms in total. The monoisotopic (exact) mass is 198 g/mol. The predicted octanol–water partition coefficient (Wildman–Crippen LogP) is 1.23. The molecular weight excluding hydrogens is 183 g/mol. The van der Waals surface area contributed by atoms with Crippen LogP contribution in [0.25, 0.3) is 0 Å². The number of benzene rings is 1. The third kappa shape index (κ3) is 2.35. The van der Waals surface area contributed by atoms with E-state index in [9.17, 15) is 4.39 Å². The maximum atomic E-state index is 13.0. The molecule has 1 aromatic rings. The van der Waals surface area contributed by atoms with Gasteiger partial charge in [-0.05, 0) is 12.1 Å². The zero-order chi connectivity index (χ0) is 10.6. The zero-order valence-corrected chi connectivity index (χ0v) is 8.46. The molecule has 0 amide bonds. The molecule has 0 saturated carbocycles. The van der Waals surface area contributed by atoms with Crippen molar-refractivity contribution in [1.82, 2.24) is 0 Å². The fraction of sp³-hybridized carbons (Fsp3) is 0.400. The third-order valence-electron chi connectivity index (χ3n) is 2.02. The summed E-state index contributed by atoms with van der Waals surface area (Å²) in [6.45, 7) is 1.19. The first-order chi connectivity index (χ1) is 6.69. The molecule has 0 unspecified atom stereocenters. The van der Waals surface area contributed by atoms with Crippen LogP contribution in [0.3, 0.4) is 0 Å². The van der Waals surface area contributed by atoms with Gasteiger partial charge in [-0.15, -0.1) is 0 Å². The largest absolute Gasteiger partial charge is 0.495 e. The van der Waals surface area contributed by atoms with Gasteiger partial charge in [0.2, 0.25) is 0 Å². The number of halogens is 1. The number of nitrogens with two attached hydrogens (primary N) is 1. The van der Waals surface area contributed by atoms with Gasteiger partial charge in [0.05, 0.1) is 12.8 Å². The molecule has 4 heteroatoms. The van der Waals surface area contributed by atoms with Crippen LogP contribution in [0.1, 0.15) is 0 Å². The smallest absolute Gasteiger partial charge is 0.142 e. The SMILES string of the molecule is COc1ccc(F)cc1N(C)CCN. The fourth-order valence-electron chi connectivity index (χ4n) is 1.28. The molecule has 0 atom stereocenters. The van der Waals surface area contributed by atoms with Gasteiger partial charge in [-0.2, -0.15) is 0 Å². The second kappa shape index (κ2) is 4.81. The van der Waals surface area contributed by atoms with E-state index in [2.05, 4.69) is 0 Å². The van der Waals surface area contributed by atoms with Gasteiger partial charge in [0.25, 0.3) is 0 Å². The summed E-state index contributed by atoms with van der Waals surface area (Å²) < 4.78 is 18.1. The average Bonchev–Trinajstić information content (AvgIpc) is 2.18. The highest BCUT2D eigenvalue weighted by atomic mass is 19.1. The molecule has 0 aliphatic rings. The van der Waals surface area contributed by atoms with Crippen LogP contribution in [0.15, 0.2) is 18.2 Å². The van der Waals surface area contributed by atoms with E-state index in [1.807, 2.05) is 11.9 Å². The molecule has 0 radical (unpaired) electrons. The Morgan fingerprint density at radius 2 is 2.21 bits per heavy atom. The van der Waals surface area contributed by atoms with Crippen molar-refractivity contribution in [2.75, 3.05) is 32.1 Å². The van der Waals surface area contributed by atoms with Gasteiger partial charge in [-0.3, -0.25) is 0 Å². The van der Waals surface area contributed by atoms with Crippen molar-refractivity contribution >= 4 is 5.69 Å². The Morgan fingerprint density at radius 3 is 2.79 bits per heavy atom. The minimum Gasteiger partial charge on any atom is -0.495 e. The lowest BCUT2D eigenvalue weighted by Gasteiger charge is -2.20. The summed E-state index contributed by atoms with van der Waals surface area (Å²) in [5.41, 5.74) is 6.14. The maximum Gasteiger partial charge on any atom is 0.142 e. The van der Waals surface area contributed by atoms with E-state index < -0.39 is 0 Å². The van der Waals surface area contributed by atoms with Crippen molar-refractivity contribution in [3.63, 3.8) is 0 Å². The summed E-state index contributed by atoms with van der Waals surface area (Å²) in [7, 11) is 3.41. The molecule has 78 valence electrons. The van der Waals surface area contributed by atoms with Gasteiger partial charge in [0.15, 0.2) is 0 Å². The second-order valence-corrected chi connectivity index (χ2v) is 3.03. The van der Waals surface area contributed by atoms with Crippen LogP contribution in [-0.2, 0) is 0 Å². The van der Waals surface area contributed by atoms with Crippen LogP contribution >= 0.6 is 0 Å². The Balaban J connectivity index is 2.97.